The highest BCUT2D eigenvalue weighted by molar-refractivity contribution is 5.81. The van der Waals surface area contributed by atoms with Crippen LogP contribution in [-0.4, -0.2) is 46.4 Å². The third-order valence-electron chi connectivity index (χ3n) is 2.82. The van der Waals surface area contributed by atoms with Crippen molar-refractivity contribution in [3.63, 3.8) is 0 Å². The van der Waals surface area contributed by atoms with Crippen LogP contribution in [0.3, 0.4) is 0 Å². The Balaban J connectivity index is 2.13. The zero-order chi connectivity index (χ0) is 13.1. The van der Waals surface area contributed by atoms with E-state index in [0.29, 0.717) is 0 Å². The molecule has 0 aliphatic carbocycles. The fraction of sp³-hybridized carbons (Fsp3) is 0.333. The van der Waals surface area contributed by atoms with E-state index in [2.05, 4.69) is 0 Å². The second kappa shape index (κ2) is 4.95. The number of nitrogens with zero attached hydrogens (tertiary/aromatic N) is 1. The number of aromatic hydroxyl groups is 1. The average Bonchev–Trinajstić information content (AvgIpc) is 2.74. The second-order valence-corrected chi connectivity index (χ2v) is 4.03. The van der Waals surface area contributed by atoms with Gasteiger partial charge >= 0.3 is 12.1 Å². The second-order valence-electron chi connectivity index (χ2n) is 4.03. The van der Waals surface area contributed by atoms with Crippen molar-refractivity contribution >= 4 is 12.1 Å². The van der Waals surface area contributed by atoms with E-state index in [-0.39, 0.29) is 25.3 Å². The van der Waals surface area contributed by atoms with Crippen molar-refractivity contribution in [3.05, 3.63) is 29.8 Å². The van der Waals surface area contributed by atoms with Gasteiger partial charge in [-0.15, -0.1) is 0 Å². The molecule has 1 aliphatic heterocycles. The molecule has 1 aliphatic rings. The Morgan fingerprint density at radius 1 is 1.39 bits per heavy atom. The first-order valence-electron chi connectivity index (χ1n) is 5.52. The predicted molar refractivity (Wildman–Crippen MR) is 61.3 cm³/mol. The normalized spacial score (nSPS) is 16.4. The molecule has 0 bridgehead atoms. The van der Waals surface area contributed by atoms with Gasteiger partial charge < -0.3 is 14.9 Å². The molecule has 1 heterocycles. The number of rotatable bonds is 4. The number of carbonyl (C=O) groups excluding carboxylic acids is 1. The Kier molecular flexibility index (Phi) is 3.36. The molecule has 1 amide bonds. The number of cyclic esters (lactones) is 1. The highest BCUT2D eigenvalue weighted by atomic mass is 16.6. The summed E-state index contributed by atoms with van der Waals surface area (Å²) in [7, 11) is 0. The molecule has 1 atom stereocenters. The molecular weight excluding hydrogens is 238 g/mol. The van der Waals surface area contributed by atoms with Crippen LogP contribution in [0, 0.1) is 0 Å². The van der Waals surface area contributed by atoms with Crippen LogP contribution in [0.15, 0.2) is 24.3 Å². The lowest BCUT2D eigenvalue weighted by atomic mass is 10.0. The molecule has 1 aromatic rings. The number of carboxylic acid groups (broad SMARTS) is 1. The van der Waals surface area contributed by atoms with Gasteiger partial charge in [-0.3, -0.25) is 4.90 Å². The van der Waals surface area contributed by atoms with Gasteiger partial charge in [0.1, 0.15) is 18.4 Å². The van der Waals surface area contributed by atoms with E-state index in [1.165, 1.54) is 17.0 Å². The van der Waals surface area contributed by atoms with E-state index in [0.717, 1.165) is 5.56 Å². The van der Waals surface area contributed by atoms with E-state index in [1.54, 1.807) is 12.1 Å². The maximum atomic E-state index is 11.4. The number of carboxylic acids is 1. The molecule has 1 aromatic carbocycles. The summed E-state index contributed by atoms with van der Waals surface area (Å²) in [5.74, 6) is -0.951. The standard InChI is InChI=1S/C12H13NO5/c14-9-3-1-8(2-4-9)7-10(11(15)16)13-5-6-18-12(13)17/h1-4,10,14H,5-7H2,(H,15,16). The molecule has 6 heteroatoms. The van der Waals surface area contributed by atoms with Gasteiger partial charge in [0, 0.05) is 6.42 Å². The number of ether oxygens (including phenoxy) is 1. The molecule has 0 radical (unpaired) electrons. The Bertz CT molecular complexity index is 456. The van der Waals surface area contributed by atoms with Crippen molar-refractivity contribution in [1.82, 2.24) is 4.90 Å². The van der Waals surface area contributed by atoms with Crippen LogP contribution in [0.2, 0.25) is 0 Å². The zero-order valence-electron chi connectivity index (χ0n) is 9.57. The Labute approximate surface area is 103 Å². The molecule has 2 rings (SSSR count). The monoisotopic (exact) mass is 251 g/mol. The molecule has 1 unspecified atom stereocenters. The fourth-order valence-electron chi connectivity index (χ4n) is 1.87. The summed E-state index contributed by atoms with van der Waals surface area (Å²) in [5.41, 5.74) is 0.736. The van der Waals surface area contributed by atoms with E-state index in [1.807, 2.05) is 0 Å². The number of carbonyl (C=O) groups is 2. The number of hydrogen-bond acceptors (Lipinski definition) is 4. The van der Waals surface area contributed by atoms with Crippen molar-refractivity contribution in [2.75, 3.05) is 13.2 Å². The molecule has 6 nitrogen and oxygen atoms in total. The van der Waals surface area contributed by atoms with E-state index in [4.69, 9.17) is 14.9 Å². The van der Waals surface area contributed by atoms with Crippen molar-refractivity contribution in [2.45, 2.75) is 12.5 Å². The van der Waals surface area contributed by atoms with Crippen LogP contribution in [0.5, 0.6) is 5.75 Å². The predicted octanol–water partition coefficient (Wildman–Crippen LogP) is 0.840. The van der Waals surface area contributed by atoms with Gasteiger partial charge in [-0.25, -0.2) is 9.59 Å². The van der Waals surface area contributed by atoms with Gasteiger partial charge in [0.2, 0.25) is 0 Å². The minimum atomic E-state index is -1.07. The van der Waals surface area contributed by atoms with Crippen LogP contribution >= 0.6 is 0 Å². The van der Waals surface area contributed by atoms with Gasteiger partial charge in [0.15, 0.2) is 0 Å². The van der Waals surface area contributed by atoms with Crippen molar-refractivity contribution in [1.29, 1.82) is 0 Å². The van der Waals surface area contributed by atoms with E-state index in [9.17, 15) is 9.59 Å². The molecule has 96 valence electrons. The lowest BCUT2D eigenvalue weighted by Crippen LogP contribution is -2.43. The quantitative estimate of drug-likeness (QED) is 0.828. The van der Waals surface area contributed by atoms with Crippen LogP contribution < -0.4 is 0 Å². The van der Waals surface area contributed by atoms with Crippen molar-refractivity contribution in [2.24, 2.45) is 0 Å². The number of aliphatic carboxylic acids is 1. The summed E-state index contributed by atoms with van der Waals surface area (Å²) in [6.07, 6.45) is -0.411. The summed E-state index contributed by atoms with van der Waals surface area (Å²) in [6, 6.07) is 5.29. The smallest absolute Gasteiger partial charge is 0.410 e. The molecule has 0 aromatic heterocycles. The first-order valence-corrected chi connectivity index (χ1v) is 5.52. The van der Waals surface area contributed by atoms with Gasteiger partial charge in [-0.05, 0) is 17.7 Å². The highest BCUT2D eigenvalue weighted by Crippen LogP contribution is 2.16. The topological polar surface area (TPSA) is 87.1 Å². The molecule has 2 N–H and O–H groups in total. The molecule has 1 fully saturated rings. The summed E-state index contributed by atoms with van der Waals surface area (Å²) in [6.45, 7) is 0.506. The zero-order valence-corrected chi connectivity index (χ0v) is 9.57. The first-order chi connectivity index (χ1) is 8.58. The van der Waals surface area contributed by atoms with Gasteiger partial charge in [-0.1, -0.05) is 12.1 Å². The van der Waals surface area contributed by atoms with Crippen molar-refractivity contribution in [3.8, 4) is 5.75 Å². The minimum Gasteiger partial charge on any atom is -0.508 e. The van der Waals surface area contributed by atoms with Crippen LogP contribution in [0.1, 0.15) is 5.56 Å². The lowest BCUT2D eigenvalue weighted by molar-refractivity contribution is -0.142. The van der Waals surface area contributed by atoms with E-state index < -0.39 is 18.1 Å². The highest BCUT2D eigenvalue weighted by Gasteiger charge is 2.34. The van der Waals surface area contributed by atoms with Crippen LogP contribution in [-0.2, 0) is 16.0 Å². The number of hydrogen-bond donors (Lipinski definition) is 2. The molecule has 18 heavy (non-hydrogen) atoms. The first kappa shape index (κ1) is 12.2. The average molecular weight is 251 g/mol. The minimum absolute atomic E-state index is 0.117. The Morgan fingerprint density at radius 3 is 2.56 bits per heavy atom. The van der Waals surface area contributed by atoms with Crippen LogP contribution in [0.4, 0.5) is 4.79 Å². The molecular formula is C12H13NO5. The number of benzene rings is 1. The molecule has 1 saturated heterocycles. The van der Waals surface area contributed by atoms with Gasteiger partial charge in [0.05, 0.1) is 6.54 Å². The van der Waals surface area contributed by atoms with Gasteiger partial charge in [-0.2, -0.15) is 0 Å². The summed E-state index contributed by atoms with van der Waals surface area (Å²) in [4.78, 5) is 23.8. The maximum absolute atomic E-state index is 11.4. The summed E-state index contributed by atoms with van der Waals surface area (Å²) >= 11 is 0. The summed E-state index contributed by atoms with van der Waals surface area (Å²) in [5, 5.41) is 18.3. The molecule has 0 spiro atoms. The fourth-order valence-corrected chi connectivity index (χ4v) is 1.87. The number of amides is 1. The van der Waals surface area contributed by atoms with Crippen molar-refractivity contribution < 1.29 is 24.5 Å². The SMILES string of the molecule is O=C(O)C(Cc1ccc(O)cc1)N1CCOC1=O. The largest absolute Gasteiger partial charge is 0.508 e. The van der Waals surface area contributed by atoms with E-state index >= 15 is 0 Å². The molecule has 0 saturated carbocycles. The lowest BCUT2D eigenvalue weighted by Gasteiger charge is -2.21. The third-order valence-corrected chi connectivity index (χ3v) is 2.82. The Morgan fingerprint density at radius 2 is 2.06 bits per heavy atom. The maximum Gasteiger partial charge on any atom is 0.410 e. The third kappa shape index (κ3) is 2.53. The van der Waals surface area contributed by atoms with Crippen LogP contribution in [0.25, 0.3) is 0 Å². The van der Waals surface area contributed by atoms with Gasteiger partial charge in [0.25, 0.3) is 0 Å². The number of phenols is 1. The number of phenolic OH excluding ortho intramolecular Hbond substituents is 1. The summed E-state index contributed by atoms with van der Waals surface area (Å²) < 4.78 is 4.74. The Hall–Kier alpha value is -2.24.